The summed E-state index contributed by atoms with van der Waals surface area (Å²) in [6, 6.07) is 0. The molecule has 0 saturated heterocycles. The lowest BCUT2D eigenvalue weighted by atomic mass is 10.1. The molecule has 0 atom stereocenters. The summed E-state index contributed by atoms with van der Waals surface area (Å²) in [6.45, 7) is 16.9. The van der Waals surface area contributed by atoms with Gasteiger partial charge in [-0.25, -0.2) is 0 Å². The molecule has 126 valence electrons. The number of hydrogen-bond donors (Lipinski definition) is 0. The minimum atomic E-state index is -0.103. The number of hydrogen-bond acceptors (Lipinski definition) is 4. The first-order valence-corrected chi connectivity index (χ1v) is 7.88. The molecule has 0 aliphatic heterocycles. The number of rotatable bonds is 7. The van der Waals surface area contributed by atoms with E-state index in [2.05, 4.69) is 0 Å². The highest BCUT2D eigenvalue weighted by Gasteiger charge is 2.08. The molecule has 21 heavy (non-hydrogen) atoms. The summed E-state index contributed by atoms with van der Waals surface area (Å²) in [6.07, 6.45) is 0.534. The summed E-state index contributed by atoms with van der Waals surface area (Å²) in [7, 11) is 0. The Hall–Kier alpha value is -1.06. The number of carbonyl (C=O) groups is 2. The van der Waals surface area contributed by atoms with Crippen molar-refractivity contribution in [2.75, 3.05) is 13.2 Å². The van der Waals surface area contributed by atoms with E-state index in [9.17, 15) is 9.59 Å². The van der Waals surface area contributed by atoms with Crippen LogP contribution in [0.4, 0.5) is 0 Å². The van der Waals surface area contributed by atoms with Crippen LogP contribution < -0.4 is 0 Å². The molecule has 0 saturated carbocycles. The van der Waals surface area contributed by atoms with Crippen LogP contribution in [0.15, 0.2) is 0 Å². The van der Waals surface area contributed by atoms with Crippen LogP contribution in [0.1, 0.15) is 61.8 Å². The zero-order valence-corrected chi connectivity index (χ0v) is 15.1. The lowest BCUT2D eigenvalue weighted by molar-refractivity contribution is -0.148. The Morgan fingerprint density at radius 2 is 1.14 bits per heavy atom. The van der Waals surface area contributed by atoms with Gasteiger partial charge in [0.25, 0.3) is 0 Å². The van der Waals surface area contributed by atoms with Crippen molar-refractivity contribution in [3.8, 4) is 0 Å². The first kappa shape index (κ1) is 22.2. The van der Waals surface area contributed by atoms with Crippen LogP contribution in [0.3, 0.4) is 0 Å². The predicted molar refractivity (Wildman–Crippen MR) is 85.9 cm³/mol. The van der Waals surface area contributed by atoms with Crippen LogP contribution in [0.2, 0.25) is 0 Å². The fourth-order valence-corrected chi connectivity index (χ4v) is 1.07. The molecule has 0 aromatic carbocycles. The van der Waals surface area contributed by atoms with Gasteiger partial charge in [-0.05, 0) is 17.8 Å². The van der Waals surface area contributed by atoms with E-state index in [1.165, 1.54) is 0 Å². The zero-order chi connectivity index (χ0) is 17.0. The van der Waals surface area contributed by atoms with E-state index in [1.54, 1.807) is 0 Å². The van der Waals surface area contributed by atoms with Gasteiger partial charge in [0, 0.05) is 6.42 Å². The Labute approximate surface area is 130 Å². The quantitative estimate of drug-likeness (QED) is 0.665. The fourth-order valence-electron chi connectivity index (χ4n) is 1.07. The van der Waals surface area contributed by atoms with Crippen LogP contribution in [0, 0.1) is 23.7 Å². The SMILES string of the molecule is CC(C)COC(=O)C(C)C.CC(C)COC(=O)CC(C)C. The molecule has 0 radical (unpaired) electrons. The molecule has 0 heterocycles. The second-order valence-electron chi connectivity index (χ2n) is 6.85. The molecule has 0 N–H and O–H groups in total. The number of carbonyl (C=O) groups excluding carboxylic acids is 2. The van der Waals surface area contributed by atoms with Crippen molar-refractivity contribution in [3.63, 3.8) is 0 Å². The van der Waals surface area contributed by atoms with Crippen LogP contribution in [-0.2, 0) is 19.1 Å². The second kappa shape index (κ2) is 12.7. The lowest BCUT2D eigenvalue weighted by Gasteiger charge is -2.08. The van der Waals surface area contributed by atoms with Crippen molar-refractivity contribution < 1.29 is 19.1 Å². The van der Waals surface area contributed by atoms with E-state index in [1.807, 2.05) is 55.4 Å². The van der Waals surface area contributed by atoms with Gasteiger partial charge >= 0.3 is 11.9 Å². The summed E-state index contributed by atoms with van der Waals surface area (Å²) < 4.78 is 9.90. The smallest absolute Gasteiger partial charge is 0.308 e. The molecule has 0 aromatic heterocycles. The summed E-state index contributed by atoms with van der Waals surface area (Å²) in [4.78, 5) is 21.8. The Bertz CT molecular complexity index is 281. The van der Waals surface area contributed by atoms with Gasteiger partial charge in [-0.15, -0.1) is 0 Å². The van der Waals surface area contributed by atoms with Crippen molar-refractivity contribution in [1.29, 1.82) is 0 Å². The lowest BCUT2D eigenvalue weighted by Crippen LogP contribution is -2.14. The highest BCUT2D eigenvalue weighted by molar-refractivity contribution is 5.71. The average Bonchev–Trinajstić information content (AvgIpc) is 2.33. The Morgan fingerprint density at radius 1 is 0.714 bits per heavy atom. The van der Waals surface area contributed by atoms with Gasteiger partial charge in [-0.1, -0.05) is 55.4 Å². The summed E-state index contributed by atoms with van der Waals surface area (Å²) in [5.41, 5.74) is 0. The minimum absolute atomic E-state index is 0.00116. The maximum atomic E-state index is 10.9. The van der Waals surface area contributed by atoms with E-state index >= 15 is 0 Å². The highest BCUT2D eigenvalue weighted by Crippen LogP contribution is 2.02. The van der Waals surface area contributed by atoms with Gasteiger partial charge in [0.15, 0.2) is 0 Å². The summed E-state index contributed by atoms with van der Waals surface area (Å²) >= 11 is 0. The largest absolute Gasteiger partial charge is 0.465 e. The molecule has 0 rings (SSSR count). The Balaban J connectivity index is 0. The third kappa shape index (κ3) is 18.9. The Morgan fingerprint density at radius 3 is 1.48 bits per heavy atom. The van der Waals surface area contributed by atoms with Crippen LogP contribution in [0.5, 0.6) is 0 Å². The van der Waals surface area contributed by atoms with Crippen molar-refractivity contribution in [2.45, 2.75) is 61.8 Å². The zero-order valence-electron chi connectivity index (χ0n) is 15.1. The van der Waals surface area contributed by atoms with Crippen LogP contribution >= 0.6 is 0 Å². The van der Waals surface area contributed by atoms with E-state index in [4.69, 9.17) is 9.47 Å². The van der Waals surface area contributed by atoms with Crippen molar-refractivity contribution >= 4 is 11.9 Å². The third-order valence-electron chi connectivity index (χ3n) is 2.18. The molecule has 0 unspecified atom stereocenters. The highest BCUT2D eigenvalue weighted by atomic mass is 16.5. The topological polar surface area (TPSA) is 52.6 Å². The maximum absolute atomic E-state index is 10.9. The molecule has 0 aromatic rings. The third-order valence-corrected chi connectivity index (χ3v) is 2.18. The molecular weight excluding hydrogens is 268 g/mol. The monoisotopic (exact) mass is 302 g/mol. The number of ether oxygens (including phenoxy) is 2. The Kier molecular flexibility index (Phi) is 13.4. The van der Waals surface area contributed by atoms with Crippen molar-refractivity contribution in [1.82, 2.24) is 0 Å². The van der Waals surface area contributed by atoms with Gasteiger partial charge in [-0.2, -0.15) is 0 Å². The molecule has 0 bridgehead atoms. The molecule has 0 spiro atoms. The molecule has 0 aliphatic rings. The van der Waals surface area contributed by atoms with Gasteiger partial charge in [0.2, 0.25) is 0 Å². The molecule has 0 aliphatic carbocycles. The molecule has 0 amide bonds. The average molecular weight is 302 g/mol. The molecular formula is C17H34O4. The van der Waals surface area contributed by atoms with Crippen LogP contribution in [-0.4, -0.2) is 25.2 Å². The molecule has 4 heteroatoms. The second-order valence-corrected chi connectivity index (χ2v) is 6.85. The predicted octanol–water partition coefficient (Wildman–Crippen LogP) is 4.07. The summed E-state index contributed by atoms with van der Waals surface area (Å²) in [5, 5.41) is 0. The van der Waals surface area contributed by atoms with E-state index in [0.717, 1.165) is 0 Å². The van der Waals surface area contributed by atoms with Gasteiger partial charge in [0.05, 0.1) is 19.1 Å². The van der Waals surface area contributed by atoms with Crippen molar-refractivity contribution in [3.05, 3.63) is 0 Å². The first-order chi connectivity index (χ1) is 9.56. The first-order valence-electron chi connectivity index (χ1n) is 7.88. The maximum Gasteiger partial charge on any atom is 0.308 e. The van der Waals surface area contributed by atoms with Gasteiger partial charge < -0.3 is 9.47 Å². The summed E-state index contributed by atoms with van der Waals surface area (Å²) in [5.74, 6) is 1.09. The minimum Gasteiger partial charge on any atom is -0.465 e. The fraction of sp³-hybridized carbons (Fsp3) is 0.882. The van der Waals surface area contributed by atoms with E-state index in [0.29, 0.717) is 37.4 Å². The van der Waals surface area contributed by atoms with Crippen LogP contribution in [0.25, 0.3) is 0 Å². The van der Waals surface area contributed by atoms with E-state index in [-0.39, 0.29) is 17.9 Å². The molecule has 0 fully saturated rings. The molecule has 4 nitrogen and oxygen atoms in total. The number of esters is 2. The van der Waals surface area contributed by atoms with Gasteiger partial charge in [0.1, 0.15) is 0 Å². The normalized spacial score (nSPS) is 10.7. The van der Waals surface area contributed by atoms with Gasteiger partial charge in [-0.3, -0.25) is 9.59 Å². The standard InChI is InChI=1S/C9H18O2.C8H16O2/c1-7(2)5-9(10)11-6-8(3)4;1-6(2)5-10-8(9)7(3)4/h7-8H,5-6H2,1-4H3;6-7H,5H2,1-4H3. The van der Waals surface area contributed by atoms with Crippen molar-refractivity contribution in [2.24, 2.45) is 23.7 Å². The van der Waals surface area contributed by atoms with E-state index < -0.39 is 0 Å².